The van der Waals surface area contributed by atoms with E-state index in [1.807, 2.05) is 12.3 Å². The summed E-state index contributed by atoms with van der Waals surface area (Å²) in [5, 5.41) is 14.5. The van der Waals surface area contributed by atoms with Crippen LogP contribution in [0.25, 0.3) is 0 Å². The number of aromatic nitrogens is 1. The second-order valence-corrected chi connectivity index (χ2v) is 5.60. The quantitative estimate of drug-likeness (QED) is 0.859. The Labute approximate surface area is 126 Å². The Balaban J connectivity index is 1.77. The number of carboxylic acid groups (broad SMARTS) is 1. The van der Waals surface area contributed by atoms with Gasteiger partial charge in [-0.05, 0) is 31.0 Å². The van der Waals surface area contributed by atoms with Gasteiger partial charge in [0.05, 0.1) is 12.1 Å². The third kappa shape index (κ3) is 4.68. The first-order valence-electron chi connectivity index (χ1n) is 6.54. The Bertz CT molecular complexity index is 635. The summed E-state index contributed by atoms with van der Waals surface area (Å²) >= 11 is 1.53. The van der Waals surface area contributed by atoms with Crippen LogP contribution in [0.2, 0.25) is 0 Å². The van der Waals surface area contributed by atoms with Gasteiger partial charge in [0.15, 0.2) is 0 Å². The van der Waals surface area contributed by atoms with Crippen molar-refractivity contribution in [3.05, 3.63) is 51.5 Å². The topological polar surface area (TPSA) is 79.3 Å². The monoisotopic (exact) mass is 304 g/mol. The average Bonchev–Trinajstić information content (AvgIpc) is 2.89. The second kappa shape index (κ2) is 6.99. The molecule has 0 unspecified atom stereocenters. The first kappa shape index (κ1) is 15.2. The predicted molar refractivity (Wildman–Crippen MR) is 80.4 cm³/mol. The highest BCUT2D eigenvalue weighted by Crippen LogP contribution is 2.09. The van der Waals surface area contributed by atoms with Gasteiger partial charge in [0.2, 0.25) is 5.91 Å². The van der Waals surface area contributed by atoms with E-state index < -0.39 is 5.97 Å². The molecule has 0 fully saturated rings. The fourth-order valence-electron chi connectivity index (χ4n) is 1.82. The van der Waals surface area contributed by atoms with Crippen molar-refractivity contribution in [1.82, 2.24) is 10.3 Å². The summed E-state index contributed by atoms with van der Waals surface area (Å²) in [7, 11) is 0. The third-order valence-electron chi connectivity index (χ3n) is 2.94. The van der Waals surface area contributed by atoms with Crippen molar-refractivity contribution in [3.8, 4) is 0 Å². The number of carboxylic acids is 1. The largest absolute Gasteiger partial charge is 0.478 e. The molecule has 110 valence electrons. The minimum absolute atomic E-state index is 0.0369. The zero-order valence-corrected chi connectivity index (χ0v) is 12.4. The summed E-state index contributed by atoms with van der Waals surface area (Å²) < 4.78 is 0. The number of hydrogen-bond acceptors (Lipinski definition) is 4. The highest BCUT2D eigenvalue weighted by Gasteiger charge is 2.06. The van der Waals surface area contributed by atoms with Crippen LogP contribution in [0.1, 0.15) is 33.0 Å². The Morgan fingerprint density at radius 3 is 2.57 bits per heavy atom. The van der Waals surface area contributed by atoms with Gasteiger partial charge in [-0.2, -0.15) is 0 Å². The maximum Gasteiger partial charge on any atom is 0.335 e. The number of rotatable bonds is 6. The lowest BCUT2D eigenvalue weighted by Gasteiger charge is -2.04. The molecule has 2 N–H and O–H groups in total. The summed E-state index contributed by atoms with van der Waals surface area (Å²) in [4.78, 5) is 26.7. The molecule has 0 radical (unpaired) electrons. The number of aryl methyl sites for hydroxylation is 2. The summed E-state index contributed by atoms with van der Waals surface area (Å²) in [6.07, 6.45) is 0.958. The molecule has 1 aromatic heterocycles. The molecule has 0 aliphatic carbocycles. The lowest BCUT2D eigenvalue weighted by Crippen LogP contribution is -2.22. The van der Waals surface area contributed by atoms with Gasteiger partial charge in [-0.25, -0.2) is 9.78 Å². The van der Waals surface area contributed by atoms with E-state index in [9.17, 15) is 9.59 Å². The van der Waals surface area contributed by atoms with E-state index in [0.717, 1.165) is 16.3 Å². The zero-order chi connectivity index (χ0) is 15.2. The van der Waals surface area contributed by atoms with Crippen LogP contribution in [0.3, 0.4) is 0 Å². The standard InChI is InChI=1S/C15H16N2O3S/c1-10-9-21-14(17-10)8-16-13(18)7-4-11-2-5-12(6-3-11)15(19)20/h2-3,5-6,9H,4,7-8H2,1H3,(H,16,18)(H,19,20). The lowest BCUT2D eigenvalue weighted by atomic mass is 10.1. The molecule has 0 bridgehead atoms. The van der Waals surface area contributed by atoms with Crippen LogP contribution < -0.4 is 5.32 Å². The van der Waals surface area contributed by atoms with Gasteiger partial charge in [0, 0.05) is 17.5 Å². The number of aromatic carboxylic acids is 1. The molecule has 1 heterocycles. The van der Waals surface area contributed by atoms with E-state index in [1.54, 1.807) is 24.3 Å². The van der Waals surface area contributed by atoms with Crippen molar-refractivity contribution in [2.45, 2.75) is 26.3 Å². The zero-order valence-electron chi connectivity index (χ0n) is 11.6. The normalized spacial score (nSPS) is 10.3. The molecule has 0 saturated heterocycles. The predicted octanol–water partition coefficient (Wildman–Crippen LogP) is 2.40. The van der Waals surface area contributed by atoms with Crippen LogP contribution in [0, 0.1) is 6.92 Å². The molecular formula is C15H16N2O3S. The number of carbonyl (C=O) groups is 2. The lowest BCUT2D eigenvalue weighted by molar-refractivity contribution is -0.121. The number of nitrogens with one attached hydrogen (secondary N) is 1. The average molecular weight is 304 g/mol. The number of carbonyl (C=O) groups excluding carboxylic acids is 1. The van der Waals surface area contributed by atoms with E-state index >= 15 is 0 Å². The molecule has 1 amide bonds. The Morgan fingerprint density at radius 2 is 2.00 bits per heavy atom. The van der Waals surface area contributed by atoms with Crippen LogP contribution in [0.4, 0.5) is 0 Å². The van der Waals surface area contributed by atoms with Crippen LogP contribution in [-0.4, -0.2) is 22.0 Å². The molecule has 2 aromatic rings. The molecule has 6 heteroatoms. The van der Waals surface area contributed by atoms with E-state index in [2.05, 4.69) is 10.3 Å². The van der Waals surface area contributed by atoms with E-state index in [-0.39, 0.29) is 11.5 Å². The Kier molecular flexibility index (Phi) is 5.05. The SMILES string of the molecule is Cc1csc(CNC(=O)CCc2ccc(C(=O)O)cc2)n1. The van der Waals surface area contributed by atoms with Gasteiger partial charge < -0.3 is 10.4 Å². The number of hydrogen-bond donors (Lipinski definition) is 2. The molecule has 0 spiro atoms. The van der Waals surface area contributed by atoms with Crippen molar-refractivity contribution in [2.24, 2.45) is 0 Å². The number of thiazole rings is 1. The third-order valence-corrected chi connectivity index (χ3v) is 3.91. The van der Waals surface area contributed by atoms with Crippen molar-refractivity contribution >= 4 is 23.2 Å². The maximum absolute atomic E-state index is 11.7. The minimum Gasteiger partial charge on any atom is -0.478 e. The summed E-state index contributed by atoms with van der Waals surface area (Å²) in [6.45, 7) is 2.37. The van der Waals surface area contributed by atoms with Crippen LogP contribution in [0.15, 0.2) is 29.6 Å². The van der Waals surface area contributed by atoms with Gasteiger partial charge in [-0.1, -0.05) is 12.1 Å². The van der Waals surface area contributed by atoms with E-state index in [0.29, 0.717) is 19.4 Å². The fourth-order valence-corrected chi connectivity index (χ4v) is 2.53. The summed E-state index contributed by atoms with van der Waals surface area (Å²) in [5.41, 5.74) is 2.16. The molecule has 0 aliphatic heterocycles. The molecular weight excluding hydrogens is 288 g/mol. The smallest absolute Gasteiger partial charge is 0.335 e. The van der Waals surface area contributed by atoms with Crippen LogP contribution in [-0.2, 0) is 17.8 Å². The van der Waals surface area contributed by atoms with Gasteiger partial charge in [0.25, 0.3) is 0 Å². The number of amides is 1. The second-order valence-electron chi connectivity index (χ2n) is 4.66. The molecule has 5 nitrogen and oxygen atoms in total. The van der Waals surface area contributed by atoms with Gasteiger partial charge in [0.1, 0.15) is 5.01 Å². The minimum atomic E-state index is -0.946. The molecule has 2 rings (SSSR count). The Hall–Kier alpha value is -2.21. The molecule has 1 aromatic carbocycles. The molecule has 0 atom stereocenters. The van der Waals surface area contributed by atoms with Crippen molar-refractivity contribution in [3.63, 3.8) is 0 Å². The summed E-state index contributed by atoms with van der Waals surface area (Å²) in [5.74, 6) is -0.983. The first-order valence-corrected chi connectivity index (χ1v) is 7.42. The molecule has 21 heavy (non-hydrogen) atoms. The van der Waals surface area contributed by atoms with Gasteiger partial charge in [-0.15, -0.1) is 11.3 Å². The molecule has 0 saturated carbocycles. The van der Waals surface area contributed by atoms with E-state index in [4.69, 9.17) is 5.11 Å². The highest BCUT2D eigenvalue weighted by atomic mass is 32.1. The Morgan fingerprint density at radius 1 is 1.29 bits per heavy atom. The fraction of sp³-hybridized carbons (Fsp3) is 0.267. The van der Waals surface area contributed by atoms with Crippen molar-refractivity contribution < 1.29 is 14.7 Å². The van der Waals surface area contributed by atoms with Crippen LogP contribution in [0.5, 0.6) is 0 Å². The molecule has 0 aliphatic rings. The van der Waals surface area contributed by atoms with Gasteiger partial charge >= 0.3 is 5.97 Å². The van der Waals surface area contributed by atoms with Crippen molar-refractivity contribution in [2.75, 3.05) is 0 Å². The van der Waals surface area contributed by atoms with Crippen molar-refractivity contribution in [1.29, 1.82) is 0 Å². The maximum atomic E-state index is 11.7. The summed E-state index contributed by atoms with van der Waals surface area (Å²) in [6, 6.07) is 6.57. The van der Waals surface area contributed by atoms with Gasteiger partial charge in [-0.3, -0.25) is 4.79 Å². The number of benzene rings is 1. The van der Waals surface area contributed by atoms with E-state index in [1.165, 1.54) is 11.3 Å². The highest BCUT2D eigenvalue weighted by molar-refractivity contribution is 7.09. The van der Waals surface area contributed by atoms with Crippen LogP contribution >= 0.6 is 11.3 Å². The first-order chi connectivity index (χ1) is 10.0. The number of nitrogens with zero attached hydrogens (tertiary/aromatic N) is 1.